The Balaban J connectivity index is 1.45. The standard InChI is InChI=1S/C40H47N3O8/c1-25-19-20-41-35(22-25)43(39(49)51-40(3,4)5)21-9-12-36(47)42-38(26(2)44)34(46)23-29(24-37(48)50-6)27-13-15-28(16-14-27)30-17-18-33(45)32-11-8-7-10-31(30)32/h7-8,10-11,13-20,22,26,29,38,44-45H,9,12,21,23-24H2,1-6H3,(H,42,47)/t26-,29+,38+/m1/s1. The van der Waals surface area contributed by atoms with Gasteiger partial charge in [-0.2, -0.15) is 0 Å². The van der Waals surface area contributed by atoms with Gasteiger partial charge in [0.1, 0.15) is 23.2 Å². The van der Waals surface area contributed by atoms with Crippen LogP contribution >= 0.6 is 0 Å². The first kappa shape index (κ1) is 38.5. The van der Waals surface area contributed by atoms with E-state index in [4.69, 9.17) is 9.47 Å². The van der Waals surface area contributed by atoms with Crippen molar-refractivity contribution in [3.8, 4) is 16.9 Å². The van der Waals surface area contributed by atoms with Gasteiger partial charge in [-0.05, 0) is 86.9 Å². The van der Waals surface area contributed by atoms with Crippen LogP contribution in [-0.2, 0) is 23.9 Å². The van der Waals surface area contributed by atoms with Crippen LogP contribution in [0.3, 0.4) is 0 Å². The number of aliphatic hydroxyl groups is 1. The van der Waals surface area contributed by atoms with Gasteiger partial charge in [0.15, 0.2) is 5.78 Å². The van der Waals surface area contributed by atoms with E-state index in [-0.39, 0.29) is 38.0 Å². The van der Waals surface area contributed by atoms with Gasteiger partial charge < -0.3 is 25.0 Å². The molecule has 3 N–H and O–H groups in total. The van der Waals surface area contributed by atoms with Crippen LogP contribution in [0, 0.1) is 6.92 Å². The second kappa shape index (κ2) is 17.1. The van der Waals surface area contributed by atoms with Gasteiger partial charge in [0.05, 0.1) is 19.6 Å². The van der Waals surface area contributed by atoms with E-state index < -0.39 is 47.4 Å². The molecule has 1 aromatic heterocycles. The molecule has 0 saturated heterocycles. The molecule has 0 saturated carbocycles. The maximum absolute atomic E-state index is 13.6. The molecule has 11 nitrogen and oxygen atoms in total. The van der Waals surface area contributed by atoms with Crippen LogP contribution in [0.2, 0.25) is 0 Å². The van der Waals surface area contributed by atoms with Crippen molar-refractivity contribution < 1.29 is 38.9 Å². The number of nitrogens with one attached hydrogen (secondary N) is 1. The second-order valence-corrected chi connectivity index (χ2v) is 13.7. The molecule has 0 spiro atoms. The summed E-state index contributed by atoms with van der Waals surface area (Å²) < 4.78 is 10.5. The Morgan fingerprint density at radius 2 is 1.63 bits per heavy atom. The highest BCUT2D eigenvalue weighted by atomic mass is 16.6. The average Bonchev–Trinajstić information content (AvgIpc) is 3.08. The fourth-order valence-electron chi connectivity index (χ4n) is 5.83. The predicted octanol–water partition coefficient (Wildman–Crippen LogP) is 6.61. The number of phenols is 1. The minimum atomic E-state index is -1.22. The smallest absolute Gasteiger partial charge is 0.416 e. The van der Waals surface area contributed by atoms with Crippen molar-refractivity contribution in [2.75, 3.05) is 18.6 Å². The zero-order valence-electron chi connectivity index (χ0n) is 30.0. The zero-order chi connectivity index (χ0) is 37.3. The van der Waals surface area contributed by atoms with Crippen LogP contribution in [0.15, 0.2) is 79.0 Å². The number of Topliss-reactive ketones (excluding diaryl/α,β-unsaturated/α-hetero) is 1. The van der Waals surface area contributed by atoms with Gasteiger partial charge in [-0.25, -0.2) is 9.78 Å². The van der Waals surface area contributed by atoms with E-state index >= 15 is 0 Å². The van der Waals surface area contributed by atoms with E-state index in [2.05, 4.69) is 10.3 Å². The minimum absolute atomic E-state index is 0.0411. The van der Waals surface area contributed by atoms with Crippen molar-refractivity contribution in [3.63, 3.8) is 0 Å². The summed E-state index contributed by atoms with van der Waals surface area (Å²) in [6.45, 7) is 8.71. The van der Waals surface area contributed by atoms with E-state index in [1.54, 1.807) is 39.1 Å². The Morgan fingerprint density at radius 3 is 2.25 bits per heavy atom. The highest BCUT2D eigenvalue weighted by Gasteiger charge is 2.30. The van der Waals surface area contributed by atoms with E-state index in [0.717, 1.165) is 27.5 Å². The lowest BCUT2D eigenvalue weighted by Gasteiger charge is -2.27. The van der Waals surface area contributed by atoms with Crippen LogP contribution in [0.4, 0.5) is 10.6 Å². The van der Waals surface area contributed by atoms with Crippen molar-refractivity contribution in [3.05, 3.63) is 90.1 Å². The highest BCUT2D eigenvalue weighted by molar-refractivity contribution is 6.00. The summed E-state index contributed by atoms with van der Waals surface area (Å²) in [7, 11) is 1.28. The number of anilines is 1. The number of amides is 2. The number of fused-ring (bicyclic) bond motifs is 1. The molecule has 0 aliphatic rings. The maximum Gasteiger partial charge on any atom is 0.416 e. The molecule has 0 fully saturated rings. The number of aliphatic hydroxyl groups excluding tert-OH is 1. The van der Waals surface area contributed by atoms with Gasteiger partial charge >= 0.3 is 12.1 Å². The molecule has 0 unspecified atom stereocenters. The molecule has 4 rings (SSSR count). The van der Waals surface area contributed by atoms with Crippen molar-refractivity contribution >= 4 is 40.3 Å². The Bertz CT molecular complexity index is 1850. The van der Waals surface area contributed by atoms with Gasteiger partial charge in [-0.3, -0.25) is 19.3 Å². The SMILES string of the molecule is COC(=O)C[C@H](CC(=O)[C@@H](NC(=O)CCCN(C(=O)OC(C)(C)C)c1cc(C)ccn1)[C@@H](C)O)c1ccc(-c2ccc(O)c3ccccc23)cc1. The Labute approximate surface area is 298 Å². The number of hydrogen-bond donors (Lipinski definition) is 3. The monoisotopic (exact) mass is 697 g/mol. The number of pyridine rings is 1. The number of nitrogens with zero attached hydrogens (tertiary/aromatic N) is 2. The van der Waals surface area contributed by atoms with Crippen molar-refractivity contribution in [2.45, 2.75) is 84.0 Å². The quantitative estimate of drug-likeness (QED) is 0.124. The number of benzene rings is 3. The van der Waals surface area contributed by atoms with Gasteiger partial charge in [-0.1, -0.05) is 54.6 Å². The second-order valence-electron chi connectivity index (χ2n) is 13.7. The first-order chi connectivity index (χ1) is 24.2. The number of methoxy groups -OCH3 is 1. The molecule has 2 amide bonds. The van der Waals surface area contributed by atoms with Crippen molar-refractivity contribution in [1.82, 2.24) is 10.3 Å². The summed E-state index contributed by atoms with van der Waals surface area (Å²) in [5.41, 5.74) is 2.67. The molecule has 3 aromatic carbocycles. The lowest BCUT2D eigenvalue weighted by molar-refractivity contribution is -0.141. The zero-order valence-corrected chi connectivity index (χ0v) is 30.0. The molecule has 0 aliphatic heterocycles. The van der Waals surface area contributed by atoms with E-state index in [9.17, 15) is 29.4 Å². The number of hydrogen-bond acceptors (Lipinski definition) is 9. The lowest BCUT2D eigenvalue weighted by Crippen LogP contribution is -2.48. The van der Waals surface area contributed by atoms with Crippen molar-refractivity contribution in [2.24, 2.45) is 0 Å². The molecular weight excluding hydrogens is 650 g/mol. The summed E-state index contributed by atoms with van der Waals surface area (Å²) in [5, 5.41) is 25.1. The molecule has 11 heteroatoms. The molecular formula is C40H47N3O8. The number of aromatic hydroxyl groups is 1. The molecule has 4 aromatic rings. The highest BCUT2D eigenvalue weighted by Crippen LogP contribution is 2.35. The molecule has 1 heterocycles. The molecule has 0 aliphatic carbocycles. The fraction of sp³-hybridized carbons (Fsp3) is 0.375. The molecule has 0 bridgehead atoms. The van der Waals surface area contributed by atoms with Crippen LogP contribution in [-0.4, -0.2) is 70.4 Å². The number of aromatic nitrogens is 1. The predicted molar refractivity (Wildman–Crippen MR) is 195 cm³/mol. The molecule has 270 valence electrons. The first-order valence-corrected chi connectivity index (χ1v) is 17.0. The molecule has 3 atom stereocenters. The van der Waals surface area contributed by atoms with Crippen LogP contribution in [0.1, 0.15) is 70.4 Å². The van der Waals surface area contributed by atoms with E-state index in [0.29, 0.717) is 11.4 Å². The summed E-state index contributed by atoms with van der Waals surface area (Å²) in [6, 6.07) is 20.8. The van der Waals surface area contributed by atoms with Gasteiger partial charge in [-0.15, -0.1) is 0 Å². The summed E-state index contributed by atoms with van der Waals surface area (Å²) in [6.07, 6.45) is -0.253. The molecule has 51 heavy (non-hydrogen) atoms. The van der Waals surface area contributed by atoms with Crippen LogP contribution < -0.4 is 10.2 Å². The van der Waals surface area contributed by atoms with Gasteiger partial charge in [0.25, 0.3) is 0 Å². The fourth-order valence-corrected chi connectivity index (χ4v) is 5.83. The van der Waals surface area contributed by atoms with Crippen molar-refractivity contribution in [1.29, 1.82) is 0 Å². The summed E-state index contributed by atoms with van der Waals surface area (Å²) >= 11 is 0. The number of ketones is 1. The van der Waals surface area contributed by atoms with Crippen LogP contribution in [0.5, 0.6) is 5.75 Å². The number of ether oxygens (including phenoxy) is 2. The van der Waals surface area contributed by atoms with Crippen LogP contribution in [0.25, 0.3) is 21.9 Å². The number of esters is 1. The summed E-state index contributed by atoms with van der Waals surface area (Å²) in [5.74, 6) is -1.44. The van der Waals surface area contributed by atoms with Gasteiger partial charge in [0.2, 0.25) is 5.91 Å². The van der Waals surface area contributed by atoms with Gasteiger partial charge in [0, 0.05) is 36.9 Å². The Morgan fingerprint density at radius 1 is 0.941 bits per heavy atom. The third kappa shape index (κ3) is 10.6. The van der Waals surface area contributed by atoms with E-state index in [1.165, 1.54) is 18.9 Å². The summed E-state index contributed by atoms with van der Waals surface area (Å²) in [4.78, 5) is 57.8. The minimum Gasteiger partial charge on any atom is -0.507 e. The third-order valence-corrected chi connectivity index (χ3v) is 8.41. The Kier molecular flexibility index (Phi) is 12.9. The first-order valence-electron chi connectivity index (χ1n) is 17.0. The molecule has 0 radical (unpaired) electrons. The Hall–Kier alpha value is -5.29. The lowest BCUT2D eigenvalue weighted by atomic mass is 9.87. The number of aryl methyl sites for hydroxylation is 1. The normalized spacial score (nSPS) is 13.2. The number of phenolic OH excluding ortho intramolecular Hbond substituents is 1. The third-order valence-electron chi connectivity index (χ3n) is 8.41. The number of rotatable bonds is 14. The maximum atomic E-state index is 13.6. The largest absolute Gasteiger partial charge is 0.507 e. The average molecular weight is 698 g/mol. The topological polar surface area (TPSA) is 155 Å². The van der Waals surface area contributed by atoms with E-state index in [1.807, 2.05) is 67.6 Å². The number of carbonyl (C=O) groups excluding carboxylic acids is 4. The number of carbonyl (C=O) groups is 4.